The summed E-state index contributed by atoms with van der Waals surface area (Å²) in [6.45, 7) is 0. The summed E-state index contributed by atoms with van der Waals surface area (Å²) in [6.07, 6.45) is 8.95. The fraction of sp³-hybridized carbons (Fsp3) is 0.286. The van der Waals surface area contributed by atoms with Crippen molar-refractivity contribution in [3.05, 3.63) is 41.6 Å². The van der Waals surface area contributed by atoms with Gasteiger partial charge in [0, 0.05) is 18.1 Å². The van der Waals surface area contributed by atoms with Crippen LogP contribution in [0.15, 0.2) is 24.7 Å². The lowest BCUT2D eigenvalue weighted by Gasteiger charge is -2.15. The van der Waals surface area contributed by atoms with Crippen LogP contribution >= 0.6 is 0 Å². The minimum absolute atomic E-state index is 0.121. The molecule has 6 nitrogen and oxygen atoms in total. The van der Waals surface area contributed by atoms with Crippen LogP contribution in [0.5, 0.6) is 0 Å². The molecule has 0 fully saturated rings. The number of anilines is 2. The lowest BCUT2D eigenvalue weighted by atomic mass is 9.96. The molecular formula is C14H15N5O. The van der Waals surface area contributed by atoms with Gasteiger partial charge in [-0.25, -0.2) is 9.97 Å². The molecule has 6 heteroatoms. The average Bonchev–Trinajstić information content (AvgIpc) is 2.47. The Morgan fingerprint density at radius 1 is 1.15 bits per heavy atom. The molecule has 0 unspecified atom stereocenters. The highest BCUT2D eigenvalue weighted by molar-refractivity contribution is 6.05. The molecule has 0 radical (unpaired) electrons. The molecule has 0 spiro atoms. The summed E-state index contributed by atoms with van der Waals surface area (Å²) >= 11 is 0. The summed E-state index contributed by atoms with van der Waals surface area (Å²) in [6, 6.07) is 1.98. The van der Waals surface area contributed by atoms with E-state index in [4.69, 9.17) is 5.73 Å². The first-order chi connectivity index (χ1) is 9.74. The Labute approximate surface area is 116 Å². The molecule has 1 amide bonds. The zero-order valence-corrected chi connectivity index (χ0v) is 11.0. The zero-order chi connectivity index (χ0) is 13.9. The SMILES string of the molecule is Nc1nccnc1C(=O)Nc1cnc2c(c1)CCCC2. The van der Waals surface area contributed by atoms with Gasteiger partial charge >= 0.3 is 0 Å². The van der Waals surface area contributed by atoms with Gasteiger partial charge in [0.15, 0.2) is 11.5 Å². The topological polar surface area (TPSA) is 93.8 Å². The number of fused-ring (bicyclic) bond motifs is 1. The number of amides is 1. The van der Waals surface area contributed by atoms with E-state index in [9.17, 15) is 4.79 Å². The Bertz CT molecular complexity index is 656. The first-order valence-corrected chi connectivity index (χ1v) is 6.59. The number of nitrogens with one attached hydrogen (secondary N) is 1. The molecule has 2 aromatic rings. The third-order valence-corrected chi connectivity index (χ3v) is 3.37. The van der Waals surface area contributed by atoms with E-state index in [1.54, 1.807) is 6.20 Å². The lowest BCUT2D eigenvalue weighted by molar-refractivity contribution is 0.102. The summed E-state index contributed by atoms with van der Waals surface area (Å²) in [5.74, 6) is -0.246. The van der Waals surface area contributed by atoms with E-state index >= 15 is 0 Å². The van der Waals surface area contributed by atoms with E-state index in [2.05, 4.69) is 20.3 Å². The van der Waals surface area contributed by atoms with Gasteiger partial charge in [-0.15, -0.1) is 0 Å². The second kappa shape index (κ2) is 5.24. The molecule has 0 bridgehead atoms. The second-order valence-electron chi connectivity index (χ2n) is 4.78. The summed E-state index contributed by atoms with van der Waals surface area (Å²) in [5, 5.41) is 2.77. The average molecular weight is 269 g/mol. The zero-order valence-electron chi connectivity index (χ0n) is 11.0. The van der Waals surface area contributed by atoms with Crippen LogP contribution in [0.4, 0.5) is 11.5 Å². The van der Waals surface area contributed by atoms with Crippen molar-refractivity contribution >= 4 is 17.4 Å². The third kappa shape index (κ3) is 2.45. The number of pyridine rings is 1. The minimum atomic E-state index is -0.367. The Hall–Kier alpha value is -2.50. The normalized spacial score (nSPS) is 13.6. The van der Waals surface area contributed by atoms with Crippen LogP contribution in [0.3, 0.4) is 0 Å². The lowest BCUT2D eigenvalue weighted by Crippen LogP contribution is -2.17. The van der Waals surface area contributed by atoms with Gasteiger partial charge in [0.1, 0.15) is 0 Å². The molecule has 1 aliphatic carbocycles. The van der Waals surface area contributed by atoms with Crippen LogP contribution in [-0.2, 0) is 12.8 Å². The van der Waals surface area contributed by atoms with Crippen molar-refractivity contribution in [1.82, 2.24) is 15.0 Å². The van der Waals surface area contributed by atoms with Crippen molar-refractivity contribution in [3.8, 4) is 0 Å². The molecule has 0 atom stereocenters. The molecule has 3 N–H and O–H groups in total. The summed E-state index contributed by atoms with van der Waals surface area (Å²) in [4.78, 5) is 24.3. The summed E-state index contributed by atoms with van der Waals surface area (Å²) < 4.78 is 0. The summed E-state index contributed by atoms with van der Waals surface area (Å²) in [5.41, 5.74) is 8.78. The third-order valence-electron chi connectivity index (χ3n) is 3.37. The maximum Gasteiger partial charge on any atom is 0.278 e. The first kappa shape index (κ1) is 12.5. The Morgan fingerprint density at radius 3 is 2.80 bits per heavy atom. The number of nitrogen functional groups attached to an aromatic ring is 1. The van der Waals surface area contributed by atoms with Crippen LogP contribution in [-0.4, -0.2) is 20.9 Å². The predicted molar refractivity (Wildman–Crippen MR) is 75.3 cm³/mol. The molecule has 102 valence electrons. The smallest absolute Gasteiger partial charge is 0.278 e. The van der Waals surface area contributed by atoms with Crippen molar-refractivity contribution < 1.29 is 4.79 Å². The van der Waals surface area contributed by atoms with Crippen LogP contribution in [0.25, 0.3) is 0 Å². The van der Waals surface area contributed by atoms with E-state index in [0.717, 1.165) is 18.5 Å². The first-order valence-electron chi connectivity index (χ1n) is 6.59. The molecule has 20 heavy (non-hydrogen) atoms. The number of nitrogens with two attached hydrogens (primary N) is 1. The van der Waals surface area contributed by atoms with E-state index < -0.39 is 0 Å². The van der Waals surface area contributed by atoms with E-state index in [0.29, 0.717) is 5.69 Å². The van der Waals surface area contributed by atoms with Gasteiger partial charge in [-0.2, -0.15) is 0 Å². The van der Waals surface area contributed by atoms with Gasteiger partial charge in [-0.05, 0) is 37.3 Å². The fourth-order valence-electron chi connectivity index (χ4n) is 2.37. The molecule has 1 aliphatic rings. The number of carbonyl (C=O) groups is 1. The van der Waals surface area contributed by atoms with Gasteiger partial charge < -0.3 is 11.1 Å². The number of nitrogens with zero attached hydrogens (tertiary/aromatic N) is 3. The molecule has 2 aromatic heterocycles. The standard InChI is InChI=1S/C14H15N5O/c15-13-12(16-5-6-17-13)14(20)19-10-7-9-3-1-2-4-11(9)18-8-10/h5-8H,1-4H2,(H2,15,17)(H,19,20). The molecule has 2 heterocycles. The minimum Gasteiger partial charge on any atom is -0.382 e. The maximum atomic E-state index is 12.1. The monoisotopic (exact) mass is 269 g/mol. The highest BCUT2D eigenvalue weighted by Crippen LogP contribution is 2.22. The van der Waals surface area contributed by atoms with Gasteiger partial charge in [0.05, 0.1) is 11.9 Å². The number of aromatic nitrogens is 3. The number of hydrogen-bond acceptors (Lipinski definition) is 5. The van der Waals surface area contributed by atoms with Crippen molar-refractivity contribution in [2.75, 3.05) is 11.1 Å². The number of carbonyl (C=O) groups excluding carboxylic acids is 1. The fourth-order valence-corrected chi connectivity index (χ4v) is 2.37. The van der Waals surface area contributed by atoms with E-state index in [1.807, 2.05) is 6.07 Å². The van der Waals surface area contributed by atoms with Gasteiger partial charge in [-0.3, -0.25) is 9.78 Å². The number of rotatable bonds is 2. The van der Waals surface area contributed by atoms with Crippen molar-refractivity contribution in [3.63, 3.8) is 0 Å². The highest BCUT2D eigenvalue weighted by atomic mass is 16.1. The Morgan fingerprint density at radius 2 is 1.95 bits per heavy atom. The highest BCUT2D eigenvalue weighted by Gasteiger charge is 2.15. The summed E-state index contributed by atoms with van der Waals surface area (Å²) in [7, 11) is 0. The van der Waals surface area contributed by atoms with E-state index in [1.165, 1.54) is 30.8 Å². The largest absolute Gasteiger partial charge is 0.382 e. The Kier molecular flexibility index (Phi) is 3.28. The van der Waals surface area contributed by atoms with Crippen molar-refractivity contribution in [2.24, 2.45) is 0 Å². The van der Waals surface area contributed by atoms with E-state index in [-0.39, 0.29) is 17.4 Å². The van der Waals surface area contributed by atoms with Crippen LogP contribution in [0.1, 0.15) is 34.6 Å². The molecule has 0 aromatic carbocycles. The number of aryl methyl sites for hydroxylation is 2. The molecular weight excluding hydrogens is 254 g/mol. The Balaban J connectivity index is 1.81. The van der Waals surface area contributed by atoms with Gasteiger partial charge in [0.25, 0.3) is 5.91 Å². The van der Waals surface area contributed by atoms with Crippen molar-refractivity contribution in [2.45, 2.75) is 25.7 Å². The predicted octanol–water partition coefficient (Wildman–Crippen LogP) is 1.58. The van der Waals surface area contributed by atoms with Crippen LogP contribution < -0.4 is 11.1 Å². The van der Waals surface area contributed by atoms with Gasteiger partial charge in [-0.1, -0.05) is 0 Å². The quantitative estimate of drug-likeness (QED) is 0.863. The van der Waals surface area contributed by atoms with Crippen molar-refractivity contribution in [1.29, 1.82) is 0 Å². The van der Waals surface area contributed by atoms with Crippen LogP contribution in [0.2, 0.25) is 0 Å². The van der Waals surface area contributed by atoms with Gasteiger partial charge in [0.2, 0.25) is 0 Å². The molecule has 0 saturated heterocycles. The van der Waals surface area contributed by atoms with Crippen LogP contribution in [0, 0.1) is 0 Å². The molecule has 3 rings (SSSR count). The maximum absolute atomic E-state index is 12.1. The molecule has 0 saturated carbocycles. The number of hydrogen-bond donors (Lipinski definition) is 2. The second-order valence-corrected chi connectivity index (χ2v) is 4.78. The molecule has 0 aliphatic heterocycles.